The van der Waals surface area contributed by atoms with Crippen molar-refractivity contribution < 1.29 is 22.9 Å². The molecule has 2 N–H and O–H groups in total. The summed E-state index contributed by atoms with van der Waals surface area (Å²) in [5.41, 5.74) is 1.23. The number of carbonyl (C=O) groups is 1. The highest BCUT2D eigenvalue weighted by Crippen LogP contribution is 2.31. The molecule has 13 heteroatoms. The lowest BCUT2D eigenvalue weighted by Gasteiger charge is -2.13. The van der Waals surface area contributed by atoms with Gasteiger partial charge in [0.15, 0.2) is 11.9 Å². The number of anilines is 1. The van der Waals surface area contributed by atoms with Crippen LogP contribution in [0.2, 0.25) is 0 Å². The van der Waals surface area contributed by atoms with Crippen LogP contribution in [0.15, 0.2) is 93.9 Å². The second kappa shape index (κ2) is 10.7. The molecule has 0 spiro atoms. The Morgan fingerprint density at radius 3 is 2.50 bits per heavy atom. The van der Waals surface area contributed by atoms with Crippen LogP contribution in [0.25, 0.3) is 21.3 Å². The lowest BCUT2D eigenvalue weighted by molar-refractivity contribution is -0.385. The predicted octanol–water partition coefficient (Wildman–Crippen LogP) is 5.28. The van der Waals surface area contributed by atoms with E-state index in [-0.39, 0.29) is 33.2 Å². The minimum absolute atomic E-state index is 0.135. The van der Waals surface area contributed by atoms with Gasteiger partial charge in [-0.2, -0.15) is 0 Å². The van der Waals surface area contributed by atoms with Gasteiger partial charge in [0.05, 0.1) is 20.8 Å². The number of hydrogen-bond acceptors (Lipinski definition) is 9. The summed E-state index contributed by atoms with van der Waals surface area (Å²) in [6, 6.07) is 19.6. The van der Waals surface area contributed by atoms with E-state index >= 15 is 0 Å². The minimum atomic E-state index is -4.11. The van der Waals surface area contributed by atoms with Crippen LogP contribution in [0, 0.1) is 10.1 Å². The summed E-state index contributed by atoms with van der Waals surface area (Å²) in [7, 11) is -4.11. The average molecular weight is 577 g/mol. The molecule has 1 unspecified atom stereocenters. The number of sulfonamides is 1. The van der Waals surface area contributed by atoms with Gasteiger partial charge < -0.3 is 9.72 Å². The predicted molar refractivity (Wildman–Crippen MR) is 150 cm³/mol. The number of ether oxygens (including phenoxy) is 1. The fourth-order valence-electron chi connectivity index (χ4n) is 3.93. The summed E-state index contributed by atoms with van der Waals surface area (Å²) in [4.78, 5) is 43.4. The summed E-state index contributed by atoms with van der Waals surface area (Å²) >= 11 is 1.32. The Balaban J connectivity index is 1.29. The Hall–Kier alpha value is -4.88. The lowest BCUT2D eigenvalue weighted by atomic mass is 10.1. The quantitative estimate of drug-likeness (QED) is 0.143. The molecule has 40 heavy (non-hydrogen) atoms. The Bertz CT molecular complexity index is 1900. The Labute approximate surface area is 231 Å². The molecule has 202 valence electrons. The molecule has 0 aliphatic carbocycles. The van der Waals surface area contributed by atoms with Crippen molar-refractivity contribution in [3.63, 3.8) is 0 Å². The number of H-pyrrole nitrogens is 1. The third-order valence-corrected chi connectivity index (χ3v) is 8.18. The molecular formula is C27H20N4O7S2. The first-order valence-corrected chi connectivity index (χ1v) is 14.1. The maximum atomic E-state index is 12.9. The molecule has 0 saturated heterocycles. The number of nitrogens with zero attached hydrogens (tertiary/aromatic N) is 2. The topological polar surface area (TPSA) is 161 Å². The average Bonchev–Trinajstić information content (AvgIpc) is 3.38. The Morgan fingerprint density at radius 2 is 1.80 bits per heavy atom. The SMILES string of the molecule is CC(OC(=O)c1ccc(NS(=O)(=O)c2cccc([N+](=O)[O-])c2)cc1)c1nc2scc(-c3ccccc3)c2c(=O)[nH]1. The van der Waals surface area contributed by atoms with E-state index in [4.69, 9.17) is 4.74 Å². The van der Waals surface area contributed by atoms with E-state index in [9.17, 15) is 28.1 Å². The Kier molecular flexibility index (Phi) is 7.15. The van der Waals surface area contributed by atoms with Crippen LogP contribution in [0.4, 0.5) is 11.4 Å². The van der Waals surface area contributed by atoms with E-state index in [1.165, 1.54) is 53.8 Å². The second-order valence-electron chi connectivity index (χ2n) is 8.63. The number of carbonyl (C=O) groups excluding carboxylic acids is 1. The summed E-state index contributed by atoms with van der Waals surface area (Å²) < 4.78 is 33.1. The third-order valence-electron chi connectivity index (χ3n) is 5.93. The van der Waals surface area contributed by atoms with Gasteiger partial charge in [-0.1, -0.05) is 36.4 Å². The maximum absolute atomic E-state index is 12.9. The molecule has 2 heterocycles. The number of esters is 1. The third kappa shape index (κ3) is 5.46. The van der Waals surface area contributed by atoms with Crippen molar-refractivity contribution in [2.45, 2.75) is 17.9 Å². The van der Waals surface area contributed by atoms with E-state index in [2.05, 4.69) is 14.7 Å². The zero-order chi connectivity index (χ0) is 28.4. The molecule has 0 bridgehead atoms. The highest BCUT2D eigenvalue weighted by molar-refractivity contribution is 7.92. The largest absolute Gasteiger partial charge is 0.451 e. The zero-order valence-corrected chi connectivity index (χ0v) is 22.4. The van der Waals surface area contributed by atoms with Gasteiger partial charge in [0.2, 0.25) is 0 Å². The monoisotopic (exact) mass is 576 g/mol. The molecule has 0 amide bonds. The van der Waals surface area contributed by atoms with Crippen molar-refractivity contribution >= 4 is 48.9 Å². The maximum Gasteiger partial charge on any atom is 0.338 e. The number of non-ortho nitro benzene ring substituents is 1. The number of nitro benzene ring substituents is 1. The molecule has 0 saturated carbocycles. The lowest BCUT2D eigenvalue weighted by Crippen LogP contribution is -2.17. The highest BCUT2D eigenvalue weighted by atomic mass is 32.2. The standard InChI is InChI=1S/C27H20N4O7S2/c1-16(24-28-25(32)23-22(15-39-26(23)29-24)17-6-3-2-4-7-17)38-27(33)18-10-12-19(13-11-18)30-40(36,37)21-9-5-8-20(14-21)31(34)35/h2-16,30H,1H3,(H,28,29,32). The molecule has 3 aromatic carbocycles. The summed E-state index contributed by atoms with van der Waals surface area (Å²) in [6.45, 7) is 1.58. The van der Waals surface area contributed by atoms with Crippen molar-refractivity contribution in [1.29, 1.82) is 0 Å². The van der Waals surface area contributed by atoms with Gasteiger partial charge in [-0.25, -0.2) is 18.2 Å². The first-order valence-electron chi connectivity index (χ1n) is 11.8. The number of hydrogen-bond donors (Lipinski definition) is 2. The molecule has 2 aromatic heterocycles. The highest BCUT2D eigenvalue weighted by Gasteiger charge is 2.21. The fourth-order valence-corrected chi connectivity index (χ4v) is 5.98. The number of nitrogens with one attached hydrogen (secondary N) is 2. The van der Waals surface area contributed by atoms with Gasteiger partial charge in [0.25, 0.3) is 21.3 Å². The zero-order valence-electron chi connectivity index (χ0n) is 20.7. The van der Waals surface area contributed by atoms with Gasteiger partial charge in [-0.05, 0) is 42.8 Å². The van der Waals surface area contributed by atoms with Crippen LogP contribution < -0.4 is 10.3 Å². The molecule has 5 aromatic rings. The molecule has 0 aliphatic rings. The van der Waals surface area contributed by atoms with Gasteiger partial charge in [0, 0.05) is 28.8 Å². The molecule has 11 nitrogen and oxygen atoms in total. The fraction of sp³-hybridized carbons (Fsp3) is 0.0741. The van der Waals surface area contributed by atoms with Crippen molar-refractivity contribution in [3.05, 3.63) is 116 Å². The molecule has 0 aliphatic heterocycles. The van der Waals surface area contributed by atoms with E-state index in [0.29, 0.717) is 10.2 Å². The van der Waals surface area contributed by atoms with Gasteiger partial charge in [-0.3, -0.25) is 19.6 Å². The number of rotatable bonds is 8. The number of aromatic nitrogens is 2. The van der Waals surface area contributed by atoms with E-state index in [0.717, 1.165) is 17.2 Å². The first-order chi connectivity index (χ1) is 19.1. The van der Waals surface area contributed by atoms with Gasteiger partial charge in [0.1, 0.15) is 4.83 Å². The molecular weight excluding hydrogens is 556 g/mol. The van der Waals surface area contributed by atoms with Crippen LogP contribution in [-0.4, -0.2) is 29.3 Å². The van der Waals surface area contributed by atoms with Crippen LogP contribution in [0.3, 0.4) is 0 Å². The minimum Gasteiger partial charge on any atom is -0.451 e. The van der Waals surface area contributed by atoms with Crippen LogP contribution in [0.1, 0.15) is 29.2 Å². The first kappa shape index (κ1) is 26.7. The van der Waals surface area contributed by atoms with Crippen molar-refractivity contribution in [2.24, 2.45) is 0 Å². The molecule has 1 atom stereocenters. The van der Waals surface area contributed by atoms with E-state index in [1.807, 2.05) is 35.7 Å². The molecule has 5 rings (SSSR count). The normalized spacial score (nSPS) is 12.1. The van der Waals surface area contributed by atoms with E-state index < -0.39 is 27.0 Å². The van der Waals surface area contributed by atoms with Gasteiger partial charge >= 0.3 is 5.97 Å². The van der Waals surface area contributed by atoms with Crippen LogP contribution >= 0.6 is 11.3 Å². The van der Waals surface area contributed by atoms with Crippen molar-refractivity contribution in [1.82, 2.24) is 9.97 Å². The van der Waals surface area contributed by atoms with E-state index in [1.54, 1.807) is 6.92 Å². The number of benzene rings is 3. The van der Waals surface area contributed by atoms with Crippen LogP contribution in [-0.2, 0) is 14.8 Å². The smallest absolute Gasteiger partial charge is 0.338 e. The van der Waals surface area contributed by atoms with Gasteiger partial charge in [-0.15, -0.1) is 11.3 Å². The number of fused-ring (bicyclic) bond motifs is 1. The number of aromatic amines is 1. The summed E-state index contributed by atoms with van der Waals surface area (Å²) in [5.74, 6) is -0.520. The van der Waals surface area contributed by atoms with Crippen molar-refractivity contribution in [2.75, 3.05) is 4.72 Å². The number of nitro groups is 1. The Morgan fingerprint density at radius 1 is 1.07 bits per heavy atom. The second-order valence-corrected chi connectivity index (χ2v) is 11.2. The molecule has 0 radical (unpaired) electrons. The van der Waals surface area contributed by atoms with Crippen LogP contribution in [0.5, 0.6) is 0 Å². The molecule has 0 fully saturated rings. The summed E-state index contributed by atoms with van der Waals surface area (Å²) in [5, 5.41) is 13.3. The number of thiophene rings is 1. The van der Waals surface area contributed by atoms with Crippen molar-refractivity contribution in [3.8, 4) is 11.1 Å². The summed E-state index contributed by atoms with van der Waals surface area (Å²) in [6.07, 6.45) is -0.876.